The maximum atomic E-state index is 13.8. The van der Waals surface area contributed by atoms with Crippen molar-refractivity contribution in [2.45, 2.75) is 57.8 Å². The number of rotatable bonds is 8. The van der Waals surface area contributed by atoms with Gasteiger partial charge in [-0.05, 0) is 12.1 Å². The minimum absolute atomic E-state index is 0.201. The van der Waals surface area contributed by atoms with Crippen LogP contribution in [0.1, 0.15) is 58.8 Å². The molecule has 4 saturated heterocycles. The fourth-order valence-electron chi connectivity index (χ4n) is 7.81. The van der Waals surface area contributed by atoms with E-state index in [9.17, 15) is 4.79 Å². The Labute approximate surface area is 315 Å². The molecule has 0 bridgehead atoms. The van der Waals surface area contributed by atoms with Gasteiger partial charge >= 0.3 is 5.97 Å². The summed E-state index contributed by atoms with van der Waals surface area (Å²) in [5.74, 6) is -1.36. The predicted molar refractivity (Wildman–Crippen MR) is 212 cm³/mol. The molecule has 0 spiro atoms. The average Bonchev–Trinajstić information content (AvgIpc) is 3.50. The van der Waals surface area contributed by atoms with Gasteiger partial charge in [0.1, 0.15) is 25.6 Å². The van der Waals surface area contributed by atoms with Gasteiger partial charge in [0, 0.05) is 75.4 Å². The van der Waals surface area contributed by atoms with Gasteiger partial charge in [0.05, 0.1) is 65.7 Å². The van der Waals surface area contributed by atoms with E-state index in [0.717, 1.165) is 58.1 Å². The van der Waals surface area contributed by atoms with Crippen LogP contribution in [0.25, 0.3) is 0 Å². The van der Waals surface area contributed by atoms with Crippen molar-refractivity contribution in [3.8, 4) is 0 Å². The monoisotopic (exact) mass is 787 g/mol. The van der Waals surface area contributed by atoms with Crippen molar-refractivity contribution in [1.29, 1.82) is 0 Å². The standard InChI is InChI=1S/C34H59N7O6P2S2/c1-33(2,3)48(38-11-19-44-20-12-38,39-13-21-45-22-14-39)35-30(50)28-10-9-27(37(28)7)29(32(42)43-8)31(51)36-49(34(4,5)6,40-15-23-46-24-16-40)41-17-25-47-26-18-41/h9-10,29H,11-26H2,1-8H3/t29-/m0/s1. The second-order valence-corrected chi connectivity index (χ2v) is 23.7. The molecule has 1 aromatic rings. The van der Waals surface area contributed by atoms with E-state index in [1.54, 1.807) is 0 Å². The van der Waals surface area contributed by atoms with E-state index >= 15 is 0 Å². The first-order valence-electron chi connectivity index (χ1n) is 18.1. The third-order valence-electron chi connectivity index (χ3n) is 10.2. The highest BCUT2D eigenvalue weighted by molar-refractivity contribution is 7.81. The van der Waals surface area contributed by atoms with E-state index in [-0.39, 0.29) is 10.3 Å². The molecule has 51 heavy (non-hydrogen) atoms. The highest BCUT2D eigenvalue weighted by atomic mass is 32.1. The molecule has 0 amide bonds. The second kappa shape index (κ2) is 17.3. The lowest BCUT2D eigenvalue weighted by molar-refractivity contribution is -0.140. The van der Waals surface area contributed by atoms with Crippen LogP contribution in [0.4, 0.5) is 0 Å². The molecule has 4 aliphatic heterocycles. The first kappa shape index (κ1) is 41.2. The number of carbonyl (C=O) groups excluding carboxylic acids is 1. The van der Waals surface area contributed by atoms with Gasteiger partial charge < -0.3 is 28.3 Å². The first-order chi connectivity index (χ1) is 24.2. The average molecular weight is 788 g/mol. The van der Waals surface area contributed by atoms with Crippen LogP contribution >= 0.6 is 39.1 Å². The predicted octanol–water partition coefficient (Wildman–Crippen LogP) is 5.27. The van der Waals surface area contributed by atoms with Gasteiger partial charge in [0.15, 0.2) is 4.99 Å². The summed E-state index contributed by atoms with van der Waals surface area (Å²) < 4.78 is 51.7. The van der Waals surface area contributed by atoms with E-state index in [1.807, 2.05) is 23.7 Å². The van der Waals surface area contributed by atoms with E-state index in [0.29, 0.717) is 68.5 Å². The Morgan fingerprint density at radius 1 is 0.686 bits per heavy atom. The largest absolute Gasteiger partial charge is 0.468 e. The molecule has 0 radical (unpaired) electrons. The summed E-state index contributed by atoms with van der Waals surface area (Å²) in [6.07, 6.45) is 0. The lowest BCUT2D eigenvalue weighted by Crippen LogP contribution is -2.48. The fourth-order valence-corrected chi connectivity index (χ4v) is 17.8. The third-order valence-corrected chi connectivity index (χ3v) is 20.4. The summed E-state index contributed by atoms with van der Waals surface area (Å²) >= 11 is 12.5. The molecule has 17 heteroatoms. The highest BCUT2D eigenvalue weighted by Crippen LogP contribution is 2.68. The maximum absolute atomic E-state index is 13.8. The molecule has 5 heterocycles. The highest BCUT2D eigenvalue weighted by Gasteiger charge is 2.48. The fraction of sp³-hybridized carbons (Fsp3) is 0.794. The molecule has 0 aliphatic carbocycles. The summed E-state index contributed by atoms with van der Waals surface area (Å²) in [7, 11) is -1.57. The minimum Gasteiger partial charge on any atom is -0.468 e. The Bertz CT molecular complexity index is 1470. The number of aromatic nitrogens is 1. The summed E-state index contributed by atoms with van der Waals surface area (Å²) in [6.45, 7) is 24.8. The van der Waals surface area contributed by atoms with Crippen LogP contribution in [0.3, 0.4) is 0 Å². The van der Waals surface area contributed by atoms with Gasteiger partial charge in [-0.2, -0.15) is 0 Å². The Balaban J connectivity index is 1.62. The summed E-state index contributed by atoms with van der Waals surface area (Å²) in [4.78, 5) is 14.6. The van der Waals surface area contributed by atoms with Crippen molar-refractivity contribution in [2.75, 3.05) is 112 Å². The van der Waals surface area contributed by atoms with E-state index in [4.69, 9.17) is 57.6 Å². The number of methoxy groups -OCH3 is 1. The number of morpholine rings is 4. The van der Waals surface area contributed by atoms with E-state index in [1.165, 1.54) is 7.11 Å². The molecule has 0 unspecified atom stereocenters. The molecule has 5 rings (SSSR count). The lowest BCUT2D eigenvalue weighted by atomic mass is 10.1. The van der Waals surface area contributed by atoms with Gasteiger partial charge in [-0.1, -0.05) is 66.0 Å². The Morgan fingerprint density at radius 3 is 1.37 bits per heavy atom. The number of hydrogen-bond donors (Lipinski definition) is 0. The maximum Gasteiger partial charge on any atom is 0.321 e. The summed E-state index contributed by atoms with van der Waals surface area (Å²) in [5.41, 5.74) is 1.43. The Hall–Kier alpha value is -0.930. The smallest absolute Gasteiger partial charge is 0.321 e. The topological polar surface area (TPSA) is 106 Å². The van der Waals surface area contributed by atoms with Crippen LogP contribution in [-0.2, 0) is 35.5 Å². The van der Waals surface area contributed by atoms with E-state index in [2.05, 4.69) is 60.2 Å². The quantitative estimate of drug-likeness (QED) is 0.195. The Morgan fingerprint density at radius 2 is 1.04 bits per heavy atom. The molecule has 288 valence electrons. The molecule has 1 aromatic heterocycles. The number of ether oxygens (including phenoxy) is 5. The Kier molecular flexibility index (Phi) is 13.9. The van der Waals surface area contributed by atoms with Gasteiger partial charge in [-0.25, -0.2) is 9.49 Å². The zero-order valence-corrected chi connectivity index (χ0v) is 35.3. The summed E-state index contributed by atoms with van der Waals surface area (Å²) in [6, 6.07) is 3.90. The van der Waals surface area contributed by atoms with Crippen LogP contribution in [0, 0.1) is 0 Å². The summed E-state index contributed by atoms with van der Waals surface area (Å²) in [5, 5.41) is -0.473. The van der Waals surface area contributed by atoms with Crippen molar-refractivity contribution in [3.63, 3.8) is 0 Å². The molecule has 0 aromatic carbocycles. The number of carbonyl (C=O) groups is 1. The van der Waals surface area contributed by atoms with E-state index < -0.39 is 26.6 Å². The molecule has 0 N–H and O–H groups in total. The van der Waals surface area contributed by atoms with Gasteiger partial charge in [-0.15, -0.1) is 0 Å². The van der Waals surface area contributed by atoms with Gasteiger partial charge in [0.2, 0.25) is 0 Å². The lowest BCUT2D eigenvalue weighted by Gasteiger charge is -2.52. The zero-order chi connectivity index (χ0) is 37.0. The van der Waals surface area contributed by atoms with Crippen molar-refractivity contribution in [3.05, 3.63) is 23.5 Å². The van der Waals surface area contributed by atoms with Crippen LogP contribution in [-0.4, -0.2) is 162 Å². The van der Waals surface area contributed by atoms with Crippen molar-refractivity contribution in [1.82, 2.24) is 23.2 Å². The van der Waals surface area contributed by atoms with Gasteiger partial charge in [0.25, 0.3) is 0 Å². The van der Waals surface area contributed by atoms with Crippen LogP contribution < -0.4 is 0 Å². The number of nitrogens with zero attached hydrogens (tertiary/aromatic N) is 7. The molecule has 4 aliphatic rings. The number of hydrogen-bond acceptors (Lipinski definition) is 8. The minimum atomic E-state index is -2.52. The van der Waals surface area contributed by atoms with Crippen molar-refractivity contribution in [2.24, 2.45) is 16.5 Å². The molecule has 1 atom stereocenters. The van der Waals surface area contributed by atoms with Gasteiger partial charge in [-0.3, -0.25) is 23.5 Å². The van der Waals surface area contributed by atoms with Crippen LogP contribution in [0.2, 0.25) is 0 Å². The molecule has 13 nitrogen and oxygen atoms in total. The molecular formula is C34H59N7O6P2S2. The van der Waals surface area contributed by atoms with Crippen molar-refractivity contribution < 1.29 is 28.5 Å². The first-order valence-corrected chi connectivity index (χ1v) is 22.2. The van der Waals surface area contributed by atoms with Crippen molar-refractivity contribution >= 4 is 55.1 Å². The number of esters is 1. The van der Waals surface area contributed by atoms with Crippen LogP contribution in [0.15, 0.2) is 21.6 Å². The zero-order valence-electron chi connectivity index (χ0n) is 31.8. The number of thiocarbonyl (C=S) groups is 2. The third kappa shape index (κ3) is 8.36. The van der Waals surface area contributed by atoms with Crippen LogP contribution in [0.5, 0.6) is 0 Å². The molecule has 4 fully saturated rings. The molecule has 0 saturated carbocycles. The second-order valence-electron chi connectivity index (χ2n) is 15.2. The molecular weight excluding hydrogens is 728 g/mol. The normalized spacial score (nSPS) is 22.0. The SMILES string of the molecule is COC(=O)[C@H](C(=S)N=P(N1CCOCC1)(N1CCOCC1)C(C)(C)C)c1ccc(C(=S)N=P(N2CCOCC2)(N2CCOCC2)C(C)(C)C)n1C.